The molecule has 27 heavy (non-hydrogen) atoms. The topological polar surface area (TPSA) is 29.5 Å². The van der Waals surface area contributed by atoms with E-state index in [2.05, 4.69) is 48.5 Å². The van der Waals surface area contributed by atoms with Gasteiger partial charge in [0.15, 0.2) is 0 Å². The summed E-state index contributed by atoms with van der Waals surface area (Å²) in [7, 11) is 1.70. The predicted octanol–water partition coefficient (Wildman–Crippen LogP) is 4.71. The van der Waals surface area contributed by atoms with Crippen LogP contribution in [0.3, 0.4) is 0 Å². The number of hydrogen-bond acceptors (Lipinski definition) is 2. The summed E-state index contributed by atoms with van der Waals surface area (Å²) in [5.74, 6) is 1.62. The monoisotopic (exact) mass is 353 g/mol. The van der Waals surface area contributed by atoms with Crippen LogP contribution in [0.4, 0.5) is 5.69 Å². The molecule has 3 aromatic carbocycles. The molecule has 6 rings (SSSR count). The predicted molar refractivity (Wildman–Crippen MR) is 104 cm³/mol. The lowest BCUT2D eigenvalue weighted by Gasteiger charge is -2.41. The van der Waals surface area contributed by atoms with Crippen molar-refractivity contribution in [2.24, 2.45) is 5.92 Å². The van der Waals surface area contributed by atoms with Crippen LogP contribution < -0.4 is 9.64 Å². The average Bonchev–Trinajstić information content (AvgIpc) is 3.24. The minimum atomic E-state index is 0.104. The highest BCUT2D eigenvalue weighted by Gasteiger charge is 2.52. The van der Waals surface area contributed by atoms with Crippen LogP contribution in [-0.4, -0.2) is 13.0 Å². The lowest BCUT2D eigenvalue weighted by Crippen LogP contribution is -2.39. The van der Waals surface area contributed by atoms with Gasteiger partial charge >= 0.3 is 0 Å². The summed E-state index contributed by atoms with van der Waals surface area (Å²) in [6.07, 6.45) is 1.00. The van der Waals surface area contributed by atoms with Crippen LogP contribution in [-0.2, 0) is 6.42 Å². The summed E-state index contributed by atoms with van der Waals surface area (Å²) in [5, 5.41) is 0. The maximum absolute atomic E-state index is 13.3. The highest BCUT2D eigenvalue weighted by Crippen LogP contribution is 2.59. The van der Waals surface area contributed by atoms with Gasteiger partial charge in [0, 0.05) is 17.2 Å². The molecule has 0 unspecified atom stereocenters. The number of carbonyl (C=O) groups is 1. The van der Waals surface area contributed by atoms with Crippen molar-refractivity contribution in [1.29, 1.82) is 0 Å². The number of anilines is 1. The van der Waals surface area contributed by atoms with Crippen LogP contribution in [0.25, 0.3) is 0 Å². The first-order chi connectivity index (χ1) is 13.3. The number of rotatable bonds is 1. The molecule has 2 aliphatic heterocycles. The van der Waals surface area contributed by atoms with Crippen LogP contribution >= 0.6 is 0 Å². The van der Waals surface area contributed by atoms with E-state index in [0.717, 1.165) is 23.4 Å². The van der Waals surface area contributed by atoms with E-state index in [1.807, 2.05) is 23.1 Å². The molecule has 0 bridgehead atoms. The second-order valence-electron chi connectivity index (χ2n) is 7.68. The van der Waals surface area contributed by atoms with E-state index in [1.54, 1.807) is 7.11 Å². The van der Waals surface area contributed by atoms with Gasteiger partial charge in [0.1, 0.15) is 5.75 Å². The normalized spacial score (nSPS) is 24.0. The van der Waals surface area contributed by atoms with E-state index in [0.29, 0.717) is 11.8 Å². The fourth-order valence-corrected chi connectivity index (χ4v) is 5.47. The average molecular weight is 353 g/mol. The first kappa shape index (κ1) is 15.0. The van der Waals surface area contributed by atoms with Gasteiger partial charge in [-0.15, -0.1) is 0 Å². The SMILES string of the molecule is COc1ccc2c(c1)[C@H]1c3ccccc3C[C@H]1[C@@H]1c3ccccc3C(=O)N21. The van der Waals surface area contributed by atoms with Crippen molar-refractivity contribution in [3.8, 4) is 5.75 Å². The largest absolute Gasteiger partial charge is 0.497 e. The number of ether oxygens (including phenoxy) is 1. The Labute approximate surface area is 158 Å². The van der Waals surface area contributed by atoms with Gasteiger partial charge in [0.25, 0.3) is 5.91 Å². The third kappa shape index (κ3) is 1.84. The number of amides is 1. The van der Waals surface area contributed by atoms with E-state index in [9.17, 15) is 4.79 Å². The summed E-state index contributed by atoms with van der Waals surface area (Å²) in [5.41, 5.74) is 7.06. The Balaban J connectivity index is 1.65. The summed E-state index contributed by atoms with van der Waals surface area (Å²) in [6.45, 7) is 0. The molecule has 0 spiro atoms. The number of methoxy groups -OCH3 is 1. The molecule has 1 amide bonds. The fraction of sp³-hybridized carbons (Fsp3) is 0.208. The molecule has 1 aliphatic carbocycles. The number of fused-ring (bicyclic) bond motifs is 10. The van der Waals surface area contributed by atoms with Crippen LogP contribution in [0, 0.1) is 5.92 Å². The molecule has 0 saturated carbocycles. The van der Waals surface area contributed by atoms with Gasteiger partial charge < -0.3 is 9.64 Å². The second-order valence-corrected chi connectivity index (χ2v) is 7.68. The van der Waals surface area contributed by atoms with Gasteiger partial charge in [-0.2, -0.15) is 0 Å². The number of nitrogens with zero attached hydrogens (tertiary/aromatic N) is 1. The molecule has 3 nitrogen and oxygen atoms in total. The van der Waals surface area contributed by atoms with Gasteiger partial charge in [-0.3, -0.25) is 4.79 Å². The molecule has 0 N–H and O–H groups in total. The highest BCUT2D eigenvalue weighted by atomic mass is 16.5. The first-order valence-corrected chi connectivity index (χ1v) is 9.46. The first-order valence-electron chi connectivity index (χ1n) is 9.46. The van der Waals surface area contributed by atoms with Crippen molar-refractivity contribution < 1.29 is 9.53 Å². The maximum atomic E-state index is 13.3. The Hall–Kier alpha value is -3.07. The van der Waals surface area contributed by atoms with Crippen LogP contribution in [0.15, 0.2) is 66.7 Å². The quantitative estimate of drug-likeness (QED) is 0.634. The summed E-state index contributed by atoms with van der Waals surface area (Å²) < 4.78 is 5.51. The van der Waals surface area contributed by atoms with Crippen molar-refractivity contribution in [3.63, 3.8) is 0 Å². The smallest absolute Gasteiger partial charge is 0.259 e. The van der Waals surface area contributed by atoms with E-state index < -0.39 is 0 Å². The van der Waals surface area contributed by atoms with Crippen LogP contribution in [0.1, 0.15) is 44.6 Å². The molecule has 0 aromatic heterocycles. The second kappa shape index (κ2) is 5.23. The molecule has 132 valence electrons. The minimum Gasteiger partial charge on any atom is -0.497 e. The Kier molecular flexibility index (Phi) is 2.91. The van der Waals surface area contributed by atoms with Crippen LogP contribution in [0.5, 0.6) is 5.75 Å². The molecule has 3 aromatic rings. The van der Waals surface area contributed by atoms with Gasteiger partial charge in [-0.05, 0) is 58.9 Å². The summed E-state index contributed by atoms with van der Waals surface area (Å²) in [6, 6.07) is 23.1. The molecule has 3 heteroatoms. The zero-order valence-corrected chi connectivity index (χ0v) is 15.1. The Morgan fingerprint density at radius 3 is 2.56 bits per heavy atom. The number of hydrogen-bond donors (Lipinski definition) is 0. The zero-order valence-electron chi connectivity index (χ0n) is 15.1. The molecule has 3 atom stereocenters. The van der Waals surface area contributed by atoms with Crippen molar-refractivity contribution in [1.82, 2.24) is 0 Å². The van der Waals surface area contributed by atoms with E-state index in [-0.39, 0.29) is 11.9 Å². The molecule has 2 heterocycles. The third-order valence-corrected chi connectivity index (χ3v) is 6.52. The highest BCUT2D eigenvalue weighted by molar-refractivity contribution is 6.12. The Morgan fingerprint density at radius 1 is 0.926 bits per heavy atom. The third-order valence-electron chi connectivity index (χ3n) is 6.52. The van der Waals surface area contributed by atoms with E-state index in [1.165, 1.54) is 22.3 Å². The Morgan fingerprint density at radius 2 is 1.70 bits per heavy atom. The molecular formula is C24H19NO2. The van der Waals surface area contributed by atoms with Crippen molar-refractivity contribution in [3.05, 3.63) is 94.5 Å². The molecule has 0 radical (unpaired) electrons. The lowest BCUT2D eigenvalue weighted by molar-refractivity contribution is 0.0981. The number of carbonyl (C=O) groups excluding carboxylic acids is 1. The molecule has 0 saturated heterocycles. The molecule has 0 fully saturated rings. The zero-order chi connectivity index (χ0) is 18.1. The van der Waals surface area contributed by atoms with E-state index in [4.69, 9.17) is 4.74 Å². The van der Waals surface area contributed by atoms with Crippen molar-refractivity contribution in [2.45, 2.75) is 18.4 Å². The Bertz CT molecular complexity index is 1100. The number of benzene rings is 3. The van der Waals surface area contributed by atoms with Crippen LogP contribution in [0.2, 0.25) is 0 Å². The summed E-state index contributed by atoms with van der Waals surface area (Å²) in [4.78, 5) is 15.3. The molecule has 3 aliphatic rings. The summed E-state index contributed by atoms with van der Waals surface area (Å²) >= 11 is 0. The van der Waals surface area contributed by atoms with Crippen molar-refractivity contribution >= 4 is 11.6 Å². The van der Waals surface area contributed by atoms with E-state index >= 15 is 0 Å². The molecular weight excluding hydrogens is 334 g/mol. The van der Waals surface area contributed by atoms with Gasteiger partial charge in [-0.25, -0.2) is 0 Å². The lowest BCUT2D eigenvalue weighted by atomic mass is 9.75. The standard InChI is InChI=1S/C24H19NO2/c1-27-15-10-11-21-19(13-15)22-16-7-3-2-6-14(16)12-20(22)23-17-8-4-5-9-18(17)24(26)25(21)23/h2-11,13,20,22-23H,12H2,1H3/t20-,22-,23+/m1/s1. The minimum absolute atomic E-state index is 0.104. The fourth-order valence-electron chi connectivity index (χ4n) is 5.47. The van der Waals surface area contributed by atoms with Gasteiger partial charge in [0.2, 0.25) is 0 Å². The maximum Gasteiger partial charge on any atom is 0.259 e. The van der Waals surface area contributed by atoms with Gasteiger partial charge in [0.05, 0.1) is 13.2 Å². The van der Waals surface area contributed by atoms with Gasteiger partial charge in [-0.1, -0.05) is 42.5 Å². The van der Waals surface area contributed by atoms with Crippen molar-refractivity contribution in [2.75, 3.05) is 12.0 Å².